The SMILES string of the molecule is OCCOCCOc1ccc(C2(c3ccc(OCCO)cc3)CCCCC2)cc1.OCCOc1ccc(C2(c3ccc(OCCO)cc3)CCCCC2)cc1. The topological polar surface area (TPSA) is 127 Å². The summed E-state index contributed by atoms with van der Waals surface area (Å²) >= 11 is 0. The van der Waals surface area contributed by atoms with Crippen LogP contribution >= 0.6 is 0 Å². The normalized spacial score (nSPS) is 16.0. The monoisotopic (exact) mass is 756 g/mol. The van der Waals surface area contributed by atoms with Crippen molar-refractivity contribution in [1.82, 2.24) is 0 Å². The van der Waals surface area contributed by atoms with Gasteiger partial charge in [0.25, 0.3) is 0 Å². The predicted molar refractivity (Wildman–Crippen MR) is 215 cm³/mol. The molecule has 2 saturated carbocycles. The van der Waals surface area contributed by atoms with Crippen molar-refractivity contribution < 1.29 is 44.1 Å². The van der Waals surface area contributed by atoms with Gasteiger partial charge in [0, 0.05) is 10.8 Å². The highest BCUT2D eigenvalue weighted by Crippen LogP contribution is 2.47. The second-order valence-corrected chi connectivity index (χ2v) is 14.3. The van der Waals surface area contributed by atoms with Crippen molar-refractivity contribution in [2.24, 2.45) is 0 Å². The fourth-order valence-electron chi connectivity index (χ4n) is 8.16. The zero-order valence-electron chi connectivity index (χ0n) is 32.2. The van der Waals surface area contributed by atoms with E-state index in [2.05, 4.69) is 48.5 Å². The van der Waals surface area contributed by atoms with Crippen LogP contribution < -0.4 is 18.9 Å². The highest BCUT2D eigenvalue weighted by Gasteiger charge is 2.37. The van der Waals surface area contributed by atoms with E-state index in [0.29, 0.717) is 39.6 Å². The third-order valence-corrected chi connectivity index (χ3v) is 10.9. The van der Waals surface area contributed by atoms with Crippen molar-refractivity contribution in [2.45, 2.75) is 75.0 Å². The van der Waals surface area contributed by atoms with Crippen LogP contribution in [0.3, 0.4) is 0 Å². The van der Waals surface area contributed by atoms with Crippen LogP contribution in [0.25, 0.3) is 0 Å². The minimum absolute atomic E-state index is 0.0215. The molecule has 0 aliphatic heterocycles. The molecular formula is C46H60O9. The average molecular weight is 757 g/mol. The Hall–Kier alpha value is -4.12. The fourth-order valence-corrected chi connectivity index (χ4v) is 8.16. The summed E-state index contributed by atoms with van der Waals surface area (Å²) in [6, 6.07) is 33.4. The molecule has 2 aliphatic carbocycles. The fraction of sp³-hybridized carbons (Fsp3) is 0.478. The number of hydrogen-bond donors (Lipinski definition) is 4. The van der Waals surface area contributed by atoms with Gasteiger partial charge in [0.15, 0.2) is 0 Å². The maximum atomic E-state index is 8.94. The molecular weight excluding hydrogens is 696 g/mol. The van der Waals surface area contributed by atoms with E-state index in [1.807, 2.05) is 48.5 Å². The Labute approximate surface area is 326 Å². The standard InChI is InChI=1S/C24H32O5.C22H28O4/c25-14-16-27-18-19-29-23-10-6-21(7-11-23)24(12-2-1-3-13-24)20-4-8-22(9-5-20)28-17-15-26;23-14-16-25-20-8-4-18(5-9-20)22(12-2-1-3-13-22)19-6-10-21(11-7-19)26-17-15-24/h4-11,25-26H,1-3,12-19H2;4-11,23-24H,1-3,12-17H2. The molecule has 0 heterocycles. The van der Waals surface area contributed by atoms with Crippen LogP contribution in [0.5, 0.6) is 23.0 Å². The van der Waals surface area contributed by atoms with Gasteiger partial charge >= 0.3 is 0 Å². The summed E-state index contributed by atoms with van der Waals surface area (Å²) in [6.45, 7) is 2.34. The maximum Gasteiger partial charge on any atom is 0.119 e. The molecule has 0 spiro atoms. The van der Waals surface area contributed by atoms with Gasteiger partial charge in [-0.15, -0.1) is 0 Å². The van der Waals surface area contributed by atoms with Crippen LogP contribution in [0.4, 0.5) is 0 Å². The van der Waals surface area contributed by atoms with E-state index in [1.54, 1.807) is 0 Å². The van der Waals surface area contributed by atoms with Gasteiger partial charge in [0.05, 0.1) is 39.6 Å². The molecule has 9 nitrogen and oxygen atoms in total. The smallest absolute Gasteiger partial charge is 0.119 e. The molecule has 55 heavy (non-hydrogen) atoms. The molecule has 0 bridgehead atoms. The van der Waals surface area contributed by atoms with E-state index in [1.165, 1.54) is 60.8 Å². The van der Waals surface area contributed by atoms with Gasteiger partial charge in [-0.2, -0.15) is 0 Å². The van der Waals surface area contributed by atoms with Crippen LogP contribution in [0.1, 0.15) is 86.5 Å². The number of aliphatic hydroxyl groups excluding tert-OH is 4. The lowest BCUT2D eigenvalue weighted by molar-refractivity contribution is 0.0705. The van der Waals surface area contributed by atoms with Crippen molar-refractivity contribution >= 4 is 0 Å². The number of hydrogen-bond acceptors (Lipinski definition) is 9. The lowest BCUT2D eigenvalue weighted by Crippen LogP contribution is -2.30. The summed E-state index contributed by atoms with van der Waals surface area (Å²) in [5.74, 6) is 3.21. The molecule has 0 atom stereocenters. The molecule has 9 heteroatoms. The molecule has 298 valence electrons. The highest BCUT2D eigenvalue weighted by molar-refractivity contribution is 5.45. The van der Waals surface area contributed by atoms with Gasteiger partial charge in [-0.25, -0.2) is 0 Å². The minimum atomic E-state index is 0.0215. The lowest BCUT2D eigenvalue weighted by Gasteiger charge is -2.38. The number of benzene rings is 4. The third kappa shape index (κ3) is 11.7. The summed E-state index contributed by atoms with van der Waals surface area (Å²) in [5, 5.41) is 35.5. The largest absolute Gasteiger partial charge is 0.491 e. The van der Waals surface area contributed by atoms with Crippen LogP contribution in [0.15, 0.2) is 97.1 Å². The number of rotatable bonds is 19. The Balaban J connectivity index is 0.000000212. The van der Waals surface area contributed by atoms with Gasteiger partial charge in [0.1, 0.15) is 49.4 Å². The second kappa shape index (κ2) is 22.4. The van der Waals surface area contributed by atoms with Crippen molar-refractivity contribution in [2.75, 3.05) is 66.1 Å². The Kier molecular flexibility index (Phi) is 17.1. The Morgan fingerprint density at radius 1 is 0.327 bits per heavy atom. The summed E-state index contributed by atoms with van der Waals surface area (Å²) < 4.78 is 27.5. The Bertz CT molecular complexity index is 1560. The van der Waals surface area contributed by atoms with Crippen molar-refractivity contribution in [3.8, 4) is 23.0 Å². The van der Waals surface area contributed by atoms with E-state index in [4.69, 9.17) is 44.1 Å². The third-order valence-electron chi connectivity index (χ3n) is 10.9. The summed E-state index contributed by atoms with van der Waals surface area (Å²) in [5.41, 5.74) is 5.33. The van der Waals surface area contributed by atoms with E-state index in [-0.39, 0.29) is 37.3 Å². The van der Waals surface area contributed by atoms with Crippen molar-refractivity contribution in [3.05, 3.63) is 119 Å². The van der Waals surface area contributed by atoms with E-state index in [9.17, 15) is 0 Å². The van der Waals surface area contributed by atoms with Crippen molar-refractivity contribution in [3.63, 3.8) is 0 Å². The van der Waals surface area contributed by atoms with E-state index >= 15 is 0 Å². The molecule has 4 aromatic rings. The first-order chi connectivity index (χ1) is 27.1. The quantitative estimate of drug-likeness (QED) is 0.0726. The summed E-state index contributed by atoms with van der Waals surface area (Å²) in [4.78, 5) is 0. The van der Waals surface area contributed by atoms with Crippen LogP contribution in [0, 0.1) is 0 Å². The first kappa shape index (κ1) is 42.0. The first-order valence-corrected chi connectivity index (χ1v) is 20.0. The summed E-state index contributed by atoms with van der Waals surface area (Å²) in [7, 11) is 0. The van der Waals surface area contributed by atoms with Crippen LogP contribution in [-0.2, 0) is 15.6 Å². The zero-order valence-corrected chi connectivity index (χ0v) is 32.2. The molecule has 0 unspecified atom stereocenters. The number of aliphatic hydroxyl groups is 4. The zero-order chi connectivity index (χ0) is 38.6. The Morgan fingerprint density at radius 3 is 0.873 bits per heavy atom. The van der Waals surface area contributed by atoms with Crippen LogP contribution in [-0.4, -0.2) is 86.5 Å². The number of ether oxygens (including phenoxy) is 5. The van der Waals surface area contributed by atoms with Gasteiger partial charge in [-0.3, -0.25) is 0 Å². The molecule has 0 amide bonds. The first-order valence-electron chi connectivity index (χ1n) is 20.0. The second-order valence-electron chi connectivity index (χ2n) is 14.3. The summed E-state index contributed by atoms with van der Waals surface area (Å²) in [6.07, 6.45) is 12.0. The molecule has 6 rings (SSSR count). The van der Waals surface area contributed by atoms with Crippen molar-refractivity contribution in [1.29, 1.82) is 0 Å². The molecule has 2 fully saturated rings. The minimum Gasteiger partial charge on any atom is -0.491 e. The molecule has 0 aromatic heterocycles. The van der Waals surface area contributed by atoms with Gasteiger partial charge in [0.2, 0.25) is 0 Å². The highest BCUT2D eigenvalue weighted by atomic mass is 16.5. The van der Waals surface area contributed by atoms with E-state index < -0.39 is 0 Å². The molecule has 0 radical (unpaired) electrons. The predicted octanol–water partition coefficient (Wildman–Crippen LogP) is 7.37. The van der Waals surface area contributed by atoms with Gasteiger partial charge < -0.3 is 44.1 Å². The van der Waals surface area contributed by atoms with Gasteiger partial charge in [-0.1, -0.05) is 87.1 Å². The molecule has 0 saturated heterocycles. The lowest BCUT2D eigenvalue weighted by atomic mass is 9.65. The average Bonchev–Trinajstić information content (AvgIpc) is 3.25. The van der Waals surface area contributed by atoms with Crippen LogP contribution in [0.2, 0.25) is 0 Å². The molecule has 4 N–H and O–H groups in total. The molecule has 2 aliphatic rings. The van der Waals surface area contributed by atoms with Gasteiger partial charge in [-0.05, 0) is 96.5 Å². The van der Waals surface area contributed by atoms with E-state index in [0.717, 1.165) is 48.7 Å². The Morgan fingerprint density at radius 2 is 0.600 bits per heavy atom. The molecule has 4 aromatic carbocycles. The maximum absolute atomic E-state index is 8.94.